The van der Waals surface area contributed by atoms with Crippen LogP contribution in [-0.2, 0) is 4.79 Å². The van der Waals surface area contributed by atoms with E-state index in [2.05, 4.69) is 20.8 Å². The highest BCUT2D eigenvalue weighted by atomic mass is 35.5. The zero-order valence-electron chi connectivity index (χ0n) is 11.9. The van der Waals surface area contributed by atoms with Gasteiger partial charge in [0.2, 0.25) is 5.91 Å². The summed E-state index contributed by atoms with van der Waals surface area (Å²) in [6.45, 7) is 8.37. The first-order valence-electron chi connectivity index (χ1n) is 6.87. The number of hydrogen-bond donors (Lipinski definition) is 0. The number of amides is 1. The molecule has 2 rings (SSSR count). The average molecular weight is 280 g/mol. The highest BCUT2D eigenvalue weighted by Gasteiger charge is 2.35. The molecule has 1 aliphatic rings. The normalized spacial score (nSPS) is 21.5. The number of halogens is 1. The Kier molecular flexibility index (Phi) is 4.19. The van der Waals surface area contributed by atoms with Crippen LogP contribution < -0.4 is 0 Å². The summed E-state index contributed by atoms with van der Waals surface area (Å²) in [4.78, 5) is 14.3. The van der Waals surface area contributed by atoms with Gasteiger partial charge in [0.1, 0.15) is 5.38 Å². The van der Waals surface area contributed by atoms with Crippen molar-refractivity contribution in [3.63, 3.8) is 0 Å². The van der Waals surface area contributed by atoms with Gasteiger partial charge in [0.05, 0.1) is 0 Å². The van der Waals surface area contributed by atoms with Crippen LogP contribution in [0.2, 0.25) is 0 Å². The van der Waals surface area contributed by atoms with Gasteiger partial charge in [-0.25, -0.2) is 0 Å². The highest BCUT2D eigenvalue weighted by Crippen LogP contribution is 2.35. The monoisotopic (exact) mass is 279 g/mol. The van der Waals surface area contributed by atoms with E-state index in [4.69, 9.17) is 11.6 Å². The SMILES string of the molecule is CC(C)(C)C1CCN(C(=O)C(Cl)c2ccccc2)C1. The quantitative estimate of drug-likeness (QED) is 0.753. The fourth-order valence-corrected chi connectivity index (χ4v) is 2.88. The van der Waals surface area contributed by atoms with E-state index in [0.29, 0.717) is 5.92 Å². The lowest BCUT2D eigenvalue weighted by atomic mass is 9.80. The zero-order chi connectivity index (χ0) is 14.0. The molecule has 2 atom stereocenters. The van der Waals surface area contributed by atoms with Crippen molar-refractivity contribution in [2.75, 3.05) is 13.1 Å². The molecular weight excluding hydrogens is 258 g/mol. The molecule has 0 N–H and O–H groups in total. The Hall–Kier alpha value is -1.02. The van der Waals surface area contributed by atoms with E-state index in [1.165, 1.54) is 0 Å². The second-order valence-corrected chi connectivity index (χ2v) is 6.85. The largest absolute Gasteiger partial charge is 0.341 e. The van der Waals surface area contributed by atoms with Crippen LogP contribution in [0, 0.1) is 11.3 Å². The van der Waals surface area contributed by atoms with Gasteiger partial charge in [-0.1, -0.05) is 51.1 Å². The van der Waals surface area contributed by atoms with Crippen molar-refractivity contribution < 1.29 is 4.79 Å². The Morgan fingerprint density at radius 1 is 1.32 bits per heavy atom. The summed E-state index contributed by atoms with van der Waals surface area (Å²) in [5.74, 6) is 0.607. The van der Waals surface area contributed by atoms with Gasteiger partial charge in [0.15, 0.2) is 0 Å². The van der Waals surface area contributed by atoms with Crippen molar-refractivity contribution >= 4 is 17.5 Å². The molecule has 0 aromatic heterocycles. The van der Waals surface area contributed by atoms with E-state index < -0.39 is 5.38 Å². The van der Waals surface area contributed by atoms with E-state index in [1.54, 1.807) is 0 Å². The summed E-state index contributed by atoms with van der Waals surface area (Å²) in [6.07, 6.45) is 1.08. The number of nitrogens with zero attached hydrogens (tertiary/aromatic N) is 1. The first kappa shape index (κ1) is 14.4. The maximum Gasteiger partial charge on any atom is 0.245 e. The molecule has 1 aromatic rings. The number of benzene rings is 1. The Morgan fingerprint density at radius 3 is 2.47 bits per heavy atom. The lowest BCUT2D eigenvalue weighted by molar-refractivity contribution is -0.130. The van der Waals surface area contributed by atoms with Crippen molar-refractivity contribution in [1.29, 1.82) is 0 Å². The molecule has 0 radical (unpaired) electrons. The zero-order valence-corrected chi connectivity index (χ0v) is 12.7. The number of carbonyl (C=O) groups excluding carboxylic acids is 1. The molecule has 104 valence electrons. The van der Waals surface area contributed by atoms with Gasteiger partial charge in [-0.3, -0.25) is 4.79 Å². The predicted molar refractivity (Wildman–Crippen MR) is 79.2 cm³/mol. The van der Waals surface area contributed by atoms with Crippen molar-refractivity contribution in [2.45, 2.75) is 32.6 Å². The Balaban J connectivity index is 2.02. The molecule has 19 heavy (non-hydrogen) atoms. The van der Waals surface area contributed by atoms with Gasteiger partial charge >= 0.3 is 0 Å². The summed E-state index contributed by atoms with van der Waals surface area (Å²) >= 11 is 6.31. The smallest absolute Gasteiger partial charge is 0.245 e. The minimum Gasteiger partial charge on any atom is -0.341 e. The number of rotatable bonds is 2. The molecule has 2 unspecified atom stereocenters. The molecule has 0 saturated carbocycles. The Morgan fingerprint density at radius 2 is 1.95 bits per heavy atom. The first-order chi connectivity index (χ1) is 8.89. The van der Waals surface area contributed by atoms with Gasteiger partial charge in [-0.15, -0.1) is 11.6 Å². The number of alkyl halides is 1. The molecule has 1 heterocycles. The maximum atomic E-state index is 12.4. The van der Waals surface area contributed by atoms with Gasteiger partial charge in [0.25, 0.3) is 0 Å². The molecule has 1 aliphatic heterocycles. The van der Waals surface area contributed by atoms with Crippen LogP contribution >= 0.6 is 11.6 Å². The molecule has 1 fully saturated rings. The average Bonchev–Trinajstić information content (AvgIpc) is 2.87. The molecule has 3 heteroatoms. The van der Waals surface area contributed by atoms with Crippen LogP contribution in [-0.4, -0.2) is 23.9 Å². The van der Waals surface area contributed by atoms with Crippen molar-refractivity contribution in [3.05, 3.63) is 35.9 Å². The molecule has 0 aliphatic carbocycles. The number of hydrogen-bond acceptors (Lipinski definition) is 1. The van der Waals surface area contributed by atoms with E-state index >= 15 is 0 Å². The summed E-state index contributed by atoms with van der Waals surface area (Å²) in [7, 11) is 0. The molecule has 0 bridgehead atoms. The van der Waals surface area contributed by atoms with Crippen LogP contribution in [0.5, 0.6) is 0 Å². The lowest BCUT2D eigenvalue weighted by Crippen LogP contribution is -2.33. The van der Waals surface area contributed by atoms with Crippen LogP contribution in [0.25, 0.3) is 0 Å². The van der Waals surface area contributed by atoms with Gasteiger partial charge in [-0.2, -0.15) is 0 Å². The molecule has 1 saturated heterocycles. The van der Waals surface area contributed by atoms with Crippen molar-refractivity contribution in [3.8, 4) is 0 Å². The second-order valence-electron chi connectivity index (χ2n) is 6.41. The van der Waals surface area contributed by atoms with E-state index in [9.17, 15) is 4.79 Å². The van der Waals surface area contributed by atoms with Gasteiger partial charge < -0.3 is 4.90 Å². The predicted octanol–water partition coefficient (Wildman–Crippen LogP) is 3.86. The Bertz CT molecular complexity index is 438. The molecule has 2 nitrogen and oxygen atoms in total. The minimum absolute atomic E-state index is 0.0413. The third-order valence-corrected chi connectivity index (χ3v) is 4.47. The van der Waals surface area contributed by atoms with Crippen LogP contribution in [0.1, 0.15) is 38.1 Å². The van der Waals surface area contributed by atoms with Crippen LogP contribution in [0.15, 0.2) is 30.3 Å². The third kappa shape index (κ3) is 3.30. The molecule has 1 amide bonds. The summed E-state index contributed by atoms with van der Waals surface area (Å²) in [6, 6.07) is 9.59. The van der Waals surface area contributed by atoms with Gasteiger partial charge in [0, 0.05) is 13.1 Å². The summed E-state index contributed by atoms with van der Waals surface area (Å²) in [5.41, 5.74) is 1.14. The molecule has 0 spiro atoms. The lowest BCUT2D eigenvalue weighted by Gasteiger charge is -2.27. The van der Waals surface area contributed by atoms with Crippen LogP contribution in [0.3, 0.4) is 0 Å². The summed E-state index contributed by atoms with van der Waals surface area (Å²) < 4.78 is 0. The molecule has 1 aromatic carbocycles. The topological polar surface area (TPSA) is 20.3 Å². The van der Waals surface area contributed by atoms with Gasteiger partial charge in [-0.05, 0) is 23.3 Å². The van der Waals surface area contributed by atoms with Crippen molar-refractivity contribution in [1.82, 2.24) is 4.90 Å². The molecular formula is C16H22ClNO. The maximum absolute atomic E-state index is 12.4. The van der Waals surface area contributed by atoms with E-state index in [0.717, 1.165) is 25.1 Å². The number of likely N-dealkylation sites (tertiary alicyclic amines) is 1. The van der Waals surface area contributed by atoms with Crippen LogP contribution in [0.4, 0.5) is 0 Å². The highest BCUT2D eigenvalue weighted by molar-refractivity contribution is 6.30. The standard InChI is InChI=1S/C16H22ClNO/c1-16(2,3)13-9-10-18(11-13)15(19)14(17)12-7-5-4-6-8-12/h4-8,13-14H,9-11H2,1-3H3. The first-order valence-corrected chi connectivity index (χ1v) is 7.31. The van der Waals surface area contributed by atoms with E-state index in [1.807, 2.05) is 35.2 Å². The summed E-state index contributed by atoms with van der Waals surface area (Å²) in [5, 5.41) is -0.556. The van der Waals surface area contributed by atoms with Crippen molar-refractivity contribution in [2.24, 2.45) is 11.3 Å². The minimum atomic E-state index is -0.556. The number of carbonyl (C=O) groups is 1. The Labute approximate surface area is 120 Å². The second kappa shape index (κ2) is 5.54. The fourth-order valence-electron chi connectivity index (χ4n) is 2.59. The fraction of sp³-hybridized carbons (Fsp3) is 0.562. The third-order valence-electron chi connectivity index (χ3n) is 4.03. The van der Waals surface area contributed by atoms with E-state index in [-0.39, 0.29) is 11.3 Å².